The molecule has 200 valence electrons. The molecule has 0 aliphatic carbocycles. The van der Waals surface area contributed by atoms with E-state index in [9.17, 15) is 9.59 Å². The first-order valence-corrected chi connectivity index (χ1v) is 12.7. The number of nitrogens with two attached hydrogens (primary N) is 1. The number of hydrogen-bond acceptors (Lipinski definition) is 7. The molecule has 0 spiro atoms. The van der Waals surface area contributed by atoms with Gasteiger partial charge in [0.25, 0.3) is 5.91 Å². The van der Waals surface area contributed by atoms with Crippen molar-refractivity contribution < 1.29 is 23.5 Å². The lowest BCUT2D eigenvalue weighted by Gasteiger charge is -2.36. The zero-order chi connectivity index (χ0) is 26.6. The van der Waals surface area contributed by atoms with Gasteiger partial charge in [-0.05, 0) is 51.0 Å². The average Bonchev–Trinajstić information content (AvgIpc) is 2.85. The first-order valence-electron chi connectivity index (χ1n) is 12.7. The standard InChI is InChI=1S/C27H36FN5O4/c1-27(2,3)37-26(35)33-9-8-23(22(28)17-33)31-24-15-19(30-16-21(24)25(29)34)14-18-4-6-20(7-5-18)32-10-12-36-13-11-32/h4-7,15-16,22-23H,8-14,17H2,1-3H3,(H2,29,34)(H,30,31)/t22-,23+/m0/s1. The monoisotopic (exact) mass is 513 g/mol. The number of nitrogens with zero attached hydrogens (tertiary/aromatic N) is 3. The van der Waals surface area contributed by atoms with Gasteiger partial charge in [-0.3, -0.25) is 9.78 Å². The van der Waals surface area contributed by atoms with Gasteiger partial charge in [0.15, 0.2) is 0 Å². The molecule has 0 saturated carbocycles. The van der Waals surface area contributed by atoms with Gasteiger partial charge in [-0.2, -0.15) is 0 Å². The van der Waals surface area contributed by atoms with Gasteiger partial charge in [0.1, 0.15) is 11.8 Å². The van der Waals surface area contributed by atoms with Crippen LogP contribution in [0.2, 0.25) is 0 Å². The van der Waals surface area contributed by atoms with Crippen molar-refractivity contribution in [3.63, 3.8) is 0 Å². The summed E-state index contributed by atoms with van der Waals surface area (Å²) < 4.78 is 25.9. The number of anilines is 2. The Morgan fingerprint density at radius 3 is 2.51 bits per heavy atom. The van der Waals surface area contributed by atoms with Crippen molar-refractivity contribution in [1.82, 2.24) is 9.88 Å². The molecule has 2 saturated heterocycles. The van der Waals surface area contributed by atoms with Crippen LogP contribution in [0.25, 0.3) is 0 Å². The van der Waals surface area contributed by atoms with Gasteiger partial charge in [-0.1, -0.05) is 12.1 Å². The van der Waals surface area contributed by atoms with Crippen molar-refractivity contribution in [1.29, 1.82) is 0 Å². The Hall–Kier alpha value is -3.40. The fourth-order valence-electron chi connectivity index (χ4n) is 4.53. The van der Waals surface area contributed by atoms with E-state index >= 15 is 4.39 Å². The van der Waals surface area contributed by atoms with Crippen molar-refractivity contribution >= 4 is 23.4 Å². The van der Waals surface area contributed by atoms with Crippen LogP contribution in [0.3, 0.4) is 0 Å². The number of morpholine rings is 1. The summed E-state index contributed by atoms with van der Waals surface area (Å²) in [7, 11) is 0. The summed E-state index contributed by atoms with van der Waals surface area (Å²) >= 11 is 0. The molecule has 3 N–H and O–H groups in total. The van der Waals surface area contributed by atoms with E-state index in [0.717, 1.165) is 43.2 Å². The largest absolute Gasteiger partial charge is 0.444 e. The predicted octanol–water partition coefficient (Wildman–Crippen LogP) is 3.37. The van der Waals surface area contributed by atoms with Crippen molar-refractivity contribution in [3.05, 3.63) is 53.3 Å². The predicted molar refractivity (Wildman–Crippen MR) is 140 cm³/mol. The SMILES string of the molecule is CC(C)(C)OC(=O)N1CC[C@@H](Nc2cc(Cc3ccc(N4CCOCC4)cc3)ncc2C(N)=O)[C@@H](F)C1. The summed E-state index contributed by atoms with van der Waals surface area (Å²) in [6, 6.07) is 9.47. The van der Waals surface area contributed by atoms with Crippen molar-refractivity contribution in [2.45, 2.75) is 51.4 Å². The molecule has 1 aromatic heterocycles. The first-order chi connectivity index (χ1) is 17.6. The molecule has 2 atom stereocenters. The van der Waals surface area contributed by atoms with Gasteiger partial charge in [-0.25, -0.2) is 9.18 Å². The summed E-state index contributed by atoms with van der Waals surface area (Å²) in [5, 5.41) is 3.15. The Labute approximate surface area is 217 Å². The van der Waals surface area contributed by atoms with Crippen LogP contribution < -0.4 is 16.0 Å². The number of benzene rings is 1. The molecule has 2 amide bonds. The number of pyridine rings is 1. The Morgan fingerprint density at radius 1 is 1.19 bits per heavy atom. The number of alkyl halides is 1. The fourth-order valence-corrected chi connectivity index (χ4v) is 4.53. The maximum atomic E-state index is 15.1. The topological polar surface area (TPSA) is 110 Å². The Balaban J connectivity index is 1.42. The Morgan fingerprint density at radius 2 is 1.89 bits per heavy atom. The molecule has 10 heteroatoms. The quantitative estimate of drug-likeness (QED) is 0.609. The molecule has 4 rings (SSSR count). The summed E-state index contributed by atoms with van der Waals surface area (Å²) in [6.07, 6.45) is 0.473. The molecule has 2 aliphatic rings. The molecular weight excluding hydrogens is 477 g/mol. The fraction of sp³-hybridized carbons (Fsp3) is 0.519. The number of piperidine rings is 1. The number of amides is 2. The molecule has 37 heavy (non-hydrogen) atoms. The number of hydrogen-bond donors (Lipinski definition) is 2. The summed E-state index contributed by atoms with van der Waals surface area (Å²) in [6.45, 7) is 8.78. The number of nitrogens with one attached hydrogen (secondary N) is 1. The van der Waals surface area contributed by atoms with E-state index in [1.54, 1.807) is 26.8 Å². The summed E-state index contributed by atoms with van der Waals surface area (Å²) in [5.74, 6) is -0.641. The summed E-state index contributed by atoms with van der Waals surface area (Å²) in [4.78, 5) is 32.5. The Bertz CT molecular complexity index is 1100. The van der Waals surface area contributed by atoms with Gasteiger partial charge < -0.3 is 30.3 Å². The maximum absolute atomic E-state index is 15.1. The number of primary amides is 1. The second kappa shape index (κ2) is 11.3. The maximum Gasteiger partial charge on any atom is 0.410 e. The van der Waals surface area contributed by atoms with Crippen LogP contribution in [0.5, 0.6) is 0 Å². The highest BCUT2D eigenvalue weighted by atomic mass is 19.1. The average molecular weight is 514 g/mol. The molecule has 2 fully saturated rings. The molecule has 2 aromatic rings. The minimum Gasteiger partial charge on any atom is -0.444 e. The number of carbonyl (C=O) groups excluding carboxylic acids is 2. The zero-order valence-corrected chi connectivity index (χ0v) is 21.7. The van der Waals surface area contributed by atoms with Crippen molar-refractivity contribution in [3.8, 4) is 0 Å². The number of ether oxygens (including phenoxy) is 2. The highest BCUT2D eigenvalue weighted by molar-refractivity contribution is 5.98. The third kappa shape index (κ3) is 7.09. The van der Waals surface area contributed by atoms with Crippen molar-refractivity contribution in [2.24, 2.45) is 5.73 Å². The highest BCUT2D eigenvalue weighted by Crippen LogP contribution is 2.25. The van der Waals surface area contributed by atoms with Crippen molar-refractivity contribution in [2.75, 3.05) is 49.6 Å². The van der Waals surface area contributed by atoms with E-state index in [4.69, 9.17) is 15.2 Å². The molecule has 0 bridgehead atoms. The minimum absolute atomic E-state index is 0.0914. The third-order valence-corrected chi connectivity index (χ3v) is 6.46. The van der Waals surface area contributed by atoms with E-state index in [1.165, 1.54) is 11.1 Å². The van der Waals surface area contributed by atoms with E-state index < -0.39 is 29.8 Å². The van der Waals surface area contributed by atoms with Crippen LogP contribution in [-0.4, -0.2) is 79.1 Å². The van der Waals surface area contributed by atoms with Crippen LogP contribution in [0.15, 0.2) is 36.5 Å². The summed E-state index contributed by atoms with van der Waals surface area (Å²) in [5.41, 5.74) is 8.52. The Kier molecular flexibility index (Phi) is 8.16. The van der Waals surface area contributed by atoms with Crippen LogP contribution in [0.4, 0.5) is 20.6 Å². The van der Waals surface area contributed by atoms with Gasteiger partial charge in [0, 0.05) is 43.6 Å². The van der Waals surface area contributed by atoms with Crippen LogP contribution in [0.1, 0.15) is 48.8 Å². The molecule has 1 aromatic carbocycles. The molecule has 3 heterocycles. The van der Waals surface area contributed by atoms with E-state index in [1.807, 2.05) is 0 Å². The number of likely N-dealkylation sites (tertiary alicyclic amines) is 1. The van der Waals surface area contributed by atoms with Gasteiger partial charge >= 0.3 is 6.09 Å². The molecule has 2 aliphatic heterocycles. The lowest BCUT2D eigenvalue weighted by Crippen LogP contribution is -2.51. The number of rotatable bonds is 6. The number of halogens is 1. The normalized spacial score (nSPS) is 20.4. The van der Waals surface area contributed by atoms with E-state index in [-0.39, 0.29) is 12.1 Å². The smallest absolute Gasteiger partial charge is 0.410 e. The molecular formula is C27H36FN5O4. The zero-order valence-electron chi connectivity index (χ0n) is 21.7. The van der Waals surface area contributed by atoms with E-state index in [2.05, 4.69) is 39.5 Å². The lowest BCUT2D eigenvalue weighted by atomic mass is 10.0. The molecule has 0 radical (unpaired) electrons. The minimum atomic E-state index is -1.34. The van der Waals surface area contributed by atoms with Gasteiger partial charge in [0.05, 0.1) is 37.1 Å². The number of carbonyl (C=O) groups is 2. The second-order valence-corrected chi connectivity index (χ2v) is 10.5. The number of aromatic nitrogens is 1. The first kappa shape index (κ1) is 26.7. The van der Waals surface area contributed by atoms with Crippen LogP contribution in [-0.2, 0) is 15.9 Å². The van der Waals surface area contributed by atoms with Gasteiger partial charge in [0.2, 0.25) is 0 Å². The second-order valence-electron chi connectivity index (χ2n) is 10.5. The highest BCUT2D eigenvalue weighted by Gasteiger charge is 2.34. The van der Waals surface area contributed by atoms with E-state index in [0.29, 0.717) is 25.1 Å². The molecule has 0 unspecified atom stereocenters. The van der Waals surface area contributed by atoms with Gasteiger partial charge in [-0.15, -0.1) is 0 Å². The lowest BCUT2D eigenvalue weighted by molar-refractivity contribution is 0.0125. The third-order valence-electron chi connectivity index (χ3n) is 6.46. The molecule has 9 nitrogen and oxygen atoms in total. The van der Waals surface area contributed by atoms with Crippen LogP contribution in [0, 0.1) is 0 Å². The van der Waals surface area contributed by atoms with Crippen LogP contribution >= 0.6 is 0 Å².